The fourth-order valence-electron chi connectivity index (χ4n) is 1.35. The van der Waals surface area contributed by atoms with E-state index in [9.17, 15) is 0 Å². The molecule has 0 aliphatic heterocycles. The van der Waals surface area contributed by atoms with Gasteiger partial charge in [-0.15, -0.1) is 0 Å². The van der Waals surface area contributed by atoms with Gasteiger partial charge in [-0.05, 0) is 18.1 Å². The van der Waals surface area contributed by atoms with Crippen molar-refractivity contribution in [3.8, 4) is 5.88 Å². The Hall–Kier alpha value is -2.31. The zero-order valence-electron chi connectivity index (χ0n) is 11.0. The van der Waals surface area contributed by atoms with E-state index in [1.807, 2.05) is 0 Å². The molecule has 102 valence electrons. The topological polar surface area (TPSA) is 99.1 Å². The van der Waals surface area contributed by atoms with E-state index in [0.717, 1.165) is 0 Å². The van der Waals surface area contributed by atoms with Gasteiger partial charge in [0.1, 0.15) is 5.82 Å². The molecule has 19 heavy (non-hydrogen) atoms. The quantitative estimate of drug-likeness (QED) is 0.818. The van der Waals surface area contributed by atoms with Gasteiger partial charge in [-0.25, -0.2) is 0 Å². The molecular weight excluding hydrogens is 246 g/mol. The predicted octanol–water partition coefficient (Wildman–Crippen LogP) is 1.69. The number of aromatic nitrogens is 3. The van der Waals surface area contributed by atoms with E-state index in [0.29, 0.717) is 42.3 Å². The number of nitrogens with one attached hydrogen (secondary N) is 1. The molecule has 0 amide bonds. The molecule has 2 heterocycles. The number of hydrogen-bond donors (Lipinski definition) is 2. The summed E-state index contributed by atoms with van der Waals surface area (Å²) in [7, 11) is 0. The highest BCUT2D eigenvalue weighted by Crippen LogP contribution is 2.21. The minimum absolute atomic E-state index is 0.414. The maximum atomic E-state index is 5.81. The Labute approximate surface area is 111 Å². The standard InChI is InChI=1S/C12H17N5O2/c1-8(2)6-18-12-9(13)3-4-10(16-12)14-5-11-15-7-19-17-11/h3-4,7-8H,5-6,13H2,1-2H3,(H,14,16). The number of anilines is 2. The van der Waals surface area contributed by atoms with Crippen LogP contribution in [-0.2, 0) is 6.54 Å². The van der Waals surface area contributed by atoms with Gasteiger partial charge in [0.15, 0.2) is 5.82 Å². The highest BCUT2D eigenvalue weighted by molar-refractivity contribution is 5.53. The molecule has 0 saturated heterocycles. The van der Waals surface area contributed by atoms with E-state index in [1.165, 1.54) is 6.39 Å². The first-order chi connectivity index (χ1) is 9.15. The normalized spacial score (nSPS) is 10.7. The van der Waals surface area contributed by atoms with Crippen LogP contribution in [0.2, 0.25) is 0 Å². The minimum Gasteiger partial charge on any atom is -0.476 e. The molecule has 2 aromatic rings. The van der Waals surface area contributed by atoms with Gasteiger partial charge in [-0.3, -0.25) is 0 Å². The molecule has 2 rings (SSSR count). The zero-order chi connectivity index (χ0) is 13.7. The molecule has 0 aliphatic carbocycles. The summed E-state index contributed by atoms with van der Waals surface area (Å²) in [5.74, 6) is 2.06. The zero-order valence-corrected chi connectivity index (χ0v) is 11.0. The number of hydrogen-bond acceptors (Lipinski definition) is 7. The van der Waals surface area contributed by atoms with E-state index in [4.69, 9.17) is 10.5 Å². The first kappa shape index (κ1) is 13.1. The number of nitrogens with two attached hydrogens (primary N) is 1. The number of nitrogens with zero attached hydrogens (tertiary/aromatic N) is 3. The lowest BCUT2D eigenvalue weighted by Gasteiger charge is -2.11. The number of rotatable bonds is 6. The third kappa shape index (κ3) is 3.84. The second-order valence-corrected chi connectivity index (χ2v) is 4.50. The van der Waals surface area contributed by atoms with Crippen LogP contribution in [0.4, 0.5) is 11.5 Å². The molecule has 3 N–H and O–H groups in total. The van der Waals surface area contributed by atoms with Crippen LogP contribution in [-0.4, -0.2) is 21.7 Å². The molecule has 0 radical (unpaired) electrons. The van der Waals surface area contributed by atoms with Crippen molar-refractivity contribution < 1.29 is 9.26 Å². The van der Waals surface area contributed by atoms with Crippen molar-refractivity contribution >= 4 is 11.5 Å². The van der Waals surface area contributed by atoms with Crippen LogP contribution in [0.15, 0.2) is 23.0 Å². The van der Waals surface area contributed by atoms with Crippen molar-refractivity contribution in [3.05, 3.63) is 24.4 Å². The summed E-state index contributed by atoms with van der Waals surface area (Å²) in [4.78, 5) is 8.21. The molecule has 0 saturated carbocycles. The Kier molecular flexibility index (Phi) is 4.17. The molecule has 7 heteroatoms. The maximum absolute atomic E-state index is 5.81. The Bertz CT molecular complexity index is 513. The molecule has 2 aromatic heterocycles. The van der Waals surface area contributed by atoms with Crippen molar-refractivity contribution in [3.63, 3.8) is 0 Å². The van der Waals surface area contributed by atoms with E-state index in [1.54, 1.807) is 12.1 Å². The van der Waals surface area contributed by atoms with Crippen molar-refractivity contribution in [2.75, 3.05) is 17.7 Å². The van der Waals surface area contributed by atoms with Gasteiger partial charge in [0, 0.05) is 0 Å². The summed E-state index contributed by atoms with van der Waals surface area (Å²) in [5, 5.41) is 6.77. The summed E-state index contributed by atoms with van der Waals surface area (Å²) < 4.78 is 10.2. The van der Waals surface area contributed by atoms with Crippen LogP contribution < -0.4 is 15.8 Å². The van der Waals surface area contributed by atoms with Gasteiger partial charge in [0.2, 0.25) is 12.3 Å². The fraction of sp³-hybridized carbons (Fsp3) is 0.417. The van der Waals surface area contributed by atoms with Gasteiger partial charge in [-0.2, -0.15) is 9.97 Å². The second kappa shape index (κ2) is 6.03. The van der Waals surface area contributed by atoms with Crippen molar-refractivity contribution in [1.29, 1.82) is 0 Å². The summed E-state index contributed by atoms with van der Waals surface area (Å²) in [6.45, 7) is 5.13. The molecule has 0 spiro atoms. The maximum Gasteiger partial charge on any atom is 0.239 e. The minimum atomic E-state index is 0.414. The van der Waals surface area contributed by atoms with E-state index >= 15 is 0 Å². The summed E-state index contributed by atoms with van der Waals surface area (Å²) in [6.07, 6.45) is 1.28. The Balaban J connectivity index is 1.99. The van der Waals surface area contributed by atoms with E-state index in [2.05, 4.69) is 38.8 Å². The lowest BCUT2D eigenvalue weighted by Crippen LogP contribution is -2.09. The Morgan fingerprint density at radius 3 is 2.95 bits per heavy atom. The van der Waals surface area contributed by atoms with Gasteiger partial charge < -0.3 is 20.3 Å². The number of pyridine rings is 1. The Morgan fingerprint density at radius 2 is 2.26 bits per heavy atom. The molecule has 7 nitrogen and oxygen atoms in total. The highest BCUT2D eigenvalue weighted by Gasteiger charge is 2.06. The van der Waals surface area contributed by atoms with Crippen LogP contribution in [0.1, 0.15) is 19.7 Å². The second-order valence-electron chi connectivity index (χ2n) is 4.50. The fourth-order valence-corrected chi connectivity index (χ4v) is 1.35. The van der Waals surface area contributed by atoms with Gasteiger partial charge in [-0.1, -0.05) is 19.0 Å². The molecular formula is C12H17N5O2. The third-order valence-corrected chi connectivity index (χ3v) is 2.28. The lowest BCUT2D eigenvalue weighted by atomic mass is 10.2. The van der Waals surface area contributed by atoms with Crippen molar-refractivity contribution in [1.82, 2.24) is 15.1 Å². The molecule has 0 aliphatic rings. The van der Waals surface area contributed by atoms with E-state index in [-0.39, 0.29) is 0 Å². The van der Waals surface area contributed by atoms with Gasteiger partial charge >= 0.3 is 0 Å². The first-order valence-corrected chi connectivity index (χ1v) is 6.03. The van der Waals surface area contributed by atoms with Crippen LogP contribution in [0, 0.1) is 5.92 Å². The Morgan fingerprint density at radius 1 is 1.42 bits per heavy atom. The summed E-state index contributed by atoms with van der Waals surface area (Å²) in [5.41, 5.74) is 6.33. The van der Waals surface area contributed by atoms with Crippen molar-refractivity contribution in [2.45, 2.75) is 20.4 Å². The molecule has 0 aromatic carbocycles. The smallest absolute Gasteiger partial charge is 0.239 e. The number of nitrogen functional groups attached to an aromatic ring is 1. The highest BCUT2D eigenvalue weighted by atomic mass is 16.5. The third-order valence-electron chi connectivity index (χ3n) is 2.28. The van der Waals surface area contributed by atoms with Gasteiger partial charge in [0.25, 0.3) is 0 Å². The largest absolute Gasteiger partial charge is 0.476 e. The van der Waals surface area contributed by atoms with Gasteiger partial charge in [0.05, 0.1) is 18.8 Å². The van der Waals surface area contributed by atoms with Crippen molar-refractivity contribution in [2.24, 2.45) is 5.92 Å². The van der Waals surface area contributed by atoms with Crippen LogP contribution >= 0.6 is 0 Å². The monoisotopic (exact) mass is 263 g/mol. The first-order valence-electron chi connectivity index (χ1n) is 6.03. The average molecular weight is 263 g/mol. The molecule has 0 fully saturated rings. The predicted molar refractivity (Wildman–Crippen MR) is 70.6 cm³/mol. The number of ether oxygens (including phenoxy) is 1. The van der Waals surface area contributed by atoms with Crippen LogP contribution in [0.5, 0.6) is 5.88 Å². The van der Waals surface area contributed by atoms with Crippen LogP contribution in [0.25, 0.3) is 0 Å². The summed E-state index contributed by atoms with van der Waals surface area (Å²) in [6, 6.07) is 3.53. The van der Waals surface area contributed by atoms with Crippen LogP contribution in [0.3, 0.4) is 0 Å². The average Bonchev–Trinajstić information content (AvgIpc) is 2.89. The molecule has 0 unspecified atom stereocenters. The molecule has 0 atom stereocenters. The lowest BCUT2D eigenvalue weighted by molar-refractivity contribution is 0.263. The molecule has 0 bridgehead atoms. The van der Waals surface area contributed by atoms with E-state index < -0.39 is 0 Å². The SMILES string of the molecule is CC(C)COc1nc(NCc2ncon2)ccc1N. The summed E-state index contributed by atoms with van der Waals surface area (Å²) >= 11 is 0.